The first-order valence-electron chi connectivity index (χ1n) is 6.18. The van der Waals surface area contributed by atoms with Crippen molar-refractivity contribution in [3.8, 4) is 0 Å². The monoisotopic (exact) mass is 278 g/mol. The quantitative estimate of drug-likeness (QED) is 0.572. The molecule has 6 heteroatoms. The van der Waals surface area contributed by atoms with Gasteiger partial charge in [-0.05, 0) is 37.1 Å². The molecule has 0 aliphatic rings. The van der Waals surface area contributed by atoms with E-state index in [4.69, 9.17) is 18.3 Å². The molecule has 0 atom stereocenters. The Bertz CT molecular complexity index is 476. The van der Waals surface area contributed by atoms with E-state index >= 15 is 0 Å². The van der Waals surface area contributed by atoms with Gasteiger partial charge in [0.15, 0.2) is 0 Å². The molecule has 0 aliphatic carbocycles. The third-order valence-corrected chi connectivity index (χ3v) is 2.45. The van der Waals surface area contributed by atoms with Crippen LogP contribution in [0.15, 0.2) is 45.6 Å². The van der Waals surface area contributed by atoms with Crippen LogP contribution in [-0.2, 0) is 9.47 Å². The lowest BCUT2D eigenvalue weighted by atomic mass is 10.3. The smallest absolute Gasteiger partial charge is 0.374 e. The molecular formula is C14H14O6. The van der Waals surface area contributed by atoms with Crippen molar-refractivity contribution >= 4 is 11.9 Å². The van der Waals surface area contributed by atoms with Gasteiger partial charge in [-0.1, -0.05) is 0 Å². The number of furan rings is 2. The van der Waals surface area contributed by atoms with Crippen LogP contribution in [0, 0.1) is 0 Å². The Morgan fingerprint density at radius 1 is 0.850 bits per heavy atom. The van der Waals surface area contributed by atoms with Gasteiger partial charge in [0.2, 0.25) is 11.5 Å². The van der Waals surface area contributed by atoms with E-state index in [0.29, 0.717) is 12.8 Å². The zero-order chi connectivity index (χ0) is 14.2. The van der Waals surface area contributed by atoms with Crippen molar-refractivity contribution in [1.82, 2.24) is 0 Å². The van der Waals surface area contributed by atoms with Crippen LogP contribution in [0.1, 0.15) is 34.0 Å². The summed E-state index contributed by atoms with van der Waals surface area (Å²) < 4.78 is 19.7. The first kappa shape index (κ1) is 13.9. The van der Waals surface area contributed by atoms with Crippen molar-refractivity contribution in [2.75, 3.05) is 13.2 Å². The average Bonchev–Trinajstić information content (AvgIpc) is 3.14. The minimum Gasteiger partial charge on any atom is -0.460 e. The van der Waals surface area contributed by atoms with Gasteiger partial charge >= 0.3 is 11.9 Å². The largest absolute Gasteiger partial charge is 0.460 e. The normalized spacial score (nSPS) is 10.2. The lowest BCUT2D eigenvalue weighted by Crippen LogP contribution is -2.08. The first-order valence-corrected chi connectivity index (χ1v) is 6.18. The van der Waals surface area contributed by atoms with Crippen LogP contribution in [0.2, 0.25) is 0 Å². The summed E-state index contributed by atoms with van der Waals surface area (Å²) in [6.45, 7) is 0.496. The number of carbonyl (C=O) groups is 2. The molecule has 0 bridgehead atoms. The van der Waals surface area contributed by atoms with Crippen LogP contribution in [-0.4, -0.2) is 25.2 Å². The Labute approximate surface area is 115 Å². The summed E-state index contributed by atoms with van der Waals surface area (Å²) in [5.74, 6) is -0.645. The summed E-state index contributed by atoms with van der Waals surface area (Å²) in [5, 5.41) is 0. The molecule has 0 aromatic carbocycles. The second-order valence-corrected chi connectivity index (χ2v) is 3.93. The van der Waals surface area contributed by atoms with Gasteiger partial charge in [0, 0.05) is 0 Å². The molecule has 2 aromatic rings. The van der Waals surface area contributed by atoms with Crippen molar-refractivity contribution in [1.29, 1.82) is 0 Å². The number of ether oxygens (including phenoxy) is 2. The van der Waals surface area contributed by atoms with Gasteiger partial charge in [0.05, 0.1) is 25.7 Å². The zero-order valence-electron chi connectivity index (χ0n) is 10.7. The lowest BCUT2D eigenvalue weighted by Gasteiger charge is -2.04. The van der Waals surface area contributed by atoms with E-state index in [9.17, 15) is 9.59 Å². The summed E-state index contributed by atoms with van der Waals surface area (Å²) in [6, 6.07) is 6.30. The van der Waals surface area contributed by atoms with Gasteiger partial charge in [-0.25, -0.2) is 9.59 Å². The maximum atomic E-state index is 11.4. The van der Waals surface area contributed by atoms with Crippen molar-refractivity contribution in [3.63, 3.8) is 0 Å². The Balaban J connectivity index is 1.54. The van der Waals surface area contributed by atoms with E-state index < -0.39 is 11.9 Å². The van der Waals surface area contributed by atoms with E-state index in [1.165, 1.54) is 24.7 Å². The second kappa shape index (κ2) is 7.18. The Morgan fingerprint density at radius 3 is 1.65 bits per heavy atom. The molecule has 2 rings (SSSR count). The highest BCUT2D eigenvalue weighted by Gasteiger charge is 2.10. The number of esters is 2. The highest BCUT2D eigenvalue weighted by molar-refractivity contribution is 5.86. The van der Waals surface area contributed by atoms with Crippen LogP contribution in [0.4, 0.5) is 0 Å². The summed E-state index contributed by atoms with van der Waals surface area (Å²) in [7, 11) is 0. The molecule has 0 spiro atoms. The molecule has 2 heterocycles. The van der Waals surface area contributed by atoms with Gasteiger partial charge in [-0.2, -0.15) is 0 Å². The Kier molecular flexibility index (Phi) is 5.00. The fraction of sp³-hybridized carbons (Fsp3) is 0.286. The van der Waals surface area contributed by atoms with Crippen molar-refractivity contribution in [2.24, 2.45) is 0 Å². The number of carbonyl (C=O) groups excluding carboxylic acids is 2. The zero-order valence-corrected chi connectivity index (χ0v) is 10.7. The predicted octanol–water partition coefficient (Wildman–Crippen LogP) is 2.67. The fourth-order valence-electron chi connectivity index (χ4n) is 1.47. The molecule has 0 fully saturated rings. The molecule has 2 aromatic heterocycles. The molecule has 0 saturated heterocycles. The maximum Gasteiger partial charge on any atom is 0.374 e. The van der Waals surface area contributed by atoms with Crippen molar-refractivity contribution in [2.45, 2.75) is 12.8 Å². The summed E-state index contributed by atoms with van der Waals surface area (Å²) in [6.07, 6.45) is 4.01. The third kappa shape index (κ3) is 4.01. The van der Waals surface area contributed by atoms with Crippen LogP contribution in [0.5, 0.6) is 0 Å². The molecule has 106 valence electrons. The van der Waals surface area contributed by atoms with Crippen molar-refractivity contribution in [3.05, 3.63) is 48.3 Å². The first-order chi connectivity index (χ1) is 9.77. The molecule has 6 nitrogen and oxygen atoms in total. The van der Waals surface area contributed by atoms with Gasteiger partial charge in [0.1, 0.15) is 0 Å². The van der Waals surface area contributed by atoms with Gasteiger partial charge in [-0.3, -0.25) is 0 Å². The Hall–Kier alpha value is -2.50. The second-order valence-electron chi connectivity index (χ2n) is 3.93. The molecule has 0 unspecified atom stereocenters. The van der Waals surface area contributed by atoms with E-state index in [0.717, 1.165) is 0 Å². The van der Waals surface area contributed by atoms with Crippen LogP contribution in [0.3, 0.4) is 0 Å². The van der Waals surface area contributed by atoms with Crippen LogP contribution >= 0.6 is 0 Å². The molecule has 0 radical (unpaired) electrons. The molecule has 0 amide bonds. The van der Waals surface area contributed by atoms with Gasteiger partial charge < -0.3 is 18.3 Å². The van der Waals surface area contributed by atoms with Crippen LogP contribution in [0.25, 0.3) is 0 Å². The summed E-state index contributed by atoms with van der Waals surface area (Å²) in [4.78, 5) is 22.8. The van der Waals surface area contributed by atoms with Crippen LogP contribution < -0.4 is 0 Å². The minimum absolute atomic E-state index is 0.175. The topological polar surface area (TPSA) is 78.9 Å². The molecule has 0 saturated carbocycles. The third-order valence-electron chi connectivity index (χ3n) is 2.45. The van der Waals surface area contributed by atoms with E-state index in [1.807, 2.05) is 0 Å². The molecular weight excluding hydrogens is 264 g/mol. The van der Waals surface area contributed by atoms with Crippen molar-refractivity contribution < 1.29 is 27.9 Å². The lowest BCUT2D eigenvalue weighted by molar-refractivity contribution is 0.0397. The highest BCUT2D eigenvalue weighted by atomic mass is 16.5. The number of hydrogen-bond acceptors (Lipinski definition) is 6. The Morgan fingerprint density at radius 2 is 1.30 bits per heavy atom. The highest BCUT2D eigenvalue weighted by Crippen LogP contribution is 2.05. The van der Waals surface area contributed by atoms with Gasteiger partial charge in [0.25, 0.3) is 0 Å². The minimum atomic E-state index is -0.498. The summed E-state index contributed by atoms with van der Waals surface area (Å²) >= 11 is 0. The molecule has 20 heavy (non-hydrogen) atoms. The van der Waals surface area contributed by atoms with E-state index in [-0.39, 0.29) is 24.7 Å². The predicted molar refractivity (Wildman–Crippen MR) is 67.2 cm³/mol. The summed E-state index contributed by atoms with van der Waals surface area (Å²) in [5.41, 5.74) is 0. The molecule has 0 N–H and O–H groups in total. The number of hydrogen-bond donors (Lipinski definition) is 0. The van der Waals surface area contributed by atoms with Gasteiger partial charge in [-0.15, -0.1) is 0 Å². The molecule has 0 aliphatic heterocycles. The standard InChI is InChI=1S/C14H14O6/c15-13(11-5-3-9-17-11)19-7-1-2-8-20-14(16)12-6-4-10-18-12/h3-6,9-10H,1-2,7-8H2. The fourth-order valence-corrected chi connectivity index (χ4v) is 1.47. The number of unbranched alkanes of at least 4 members (excludes halogenated alkanes) is 1. The SMILES string of the molecule is O=C(OCCCCOC(=O)c1ccco1)c1ccco1. The van der Waals surface area contributed by atoms with E-state index in [1.54, 1.807) is 12.1 Å². The maximum absolute atomic E-state index is 11.4. The average molecular weight is 278 g/mol. The number of rotatable bonds is 7. The van der Waals surface area contributed by atoms with E-state index in [2.05, 4.69) is 0 Å².